The van der Waals surface area contributed by atoms with Crippen molar-refractivity contribution in [2.45, 2.75) is 84.5 Å². The molecule has 0 spiro atoms. The quantitative estimate of drug-likeness (QED) is 0.314. The van der Waals surface area contributed by atoms with Gasteiger partial charge in [-0.05, 0) is 37.0 Å². The first-order chi connectivity index (χ1) is 11.3. The monoisotopic (exact) mass is 318 g/mol. The van der Waals surface area contributed by atoms with E-state index in [9.17, 15) is 4.79 Å². The van der Waals surface area contributed by atoms with Crippen LogP contribution in [0.1, 0.15) is 94.0 Å². The lowest BCUT2D eigenvalue weighted by molar-refractivity contribution is 0.0497. The first kappa shape index (κ1) is 19.7. The van der Waals surface area contributed by atoms with E-state index in [0.717, 1.165) is 19.3 Å². The summed E-state index contributed by atoms with van der Waals surface area (Å²) in [6.45, 7) is 4.99. The number of esters is 1. The van der Waals surface area contributed by atoms with Gasteiger partial charge in [-0.15, -0.1) is 0 Å². The van der Waals surface area contributed by atoms with Crippen LogP contribution >= 0.6 is 0 Å². The highest BCUT2D eigenvalue weighted by Crippen LogP contribution is 2.11. The minimum absolute atomic E-state index is 0.184. The van der Waals surface area contributed by atoms with Gasteiger partial charge >= 0.3 is 5.97 Å². The summed E-state index contributed by atoms with van der Waals surface area (Å²) < 4.78 is 5.35. The van der Waals surface area contributed by atoms with Crippen LogP contribution in [0.3, 0.4) is 0 Å². The van der Waals surface area contributed by atoms with Crippen molar-refractivity contribution < 1.29 is 9.53 Å². The van der Waals surface area contributed by atoms with E-state index >= 15 is 0 Å². The summed E-state index contributed by atoms with van der Waals surface area (Å²) in [7, 11) is 0. The van der Waals surface area contributed by atoms with Crippen molar-refractivity contribution in [1.29, 1.82) is 0 Å². The van der Waals surface area contributed by atoms with Crippen molar-refractivity contribution >= 4 is 5.97 Å². The maximum Gasteiger partial charge on any atom is 0.338 e. The van der Waals surface area contributed by atoms with E-state index in [1.165, 1.54) is 56.9 Å². The molecule has 1 rings (SSSR count). The predicted octanol–water partition coefficient (Wildman–Crippen LogP) is 6.33. The SMILES string of the molecule is CCCCCCCCOC(=O)c1ccc(CCCCCC)cc1. The molecule has 0 fully saturated rings. The number of rotatable bonds is 13. The van der Waals surface area contributed by atoms with Gasteiger partial charge in [0.05, 0.1) is 12.2 Å². The number of unbranched alkanes of at least 4 members (excludes halogenated alkanes) is 8. The van der Waals surface area contributed by atoms with E-state index in [2.05, 4.69) is 26.0 Å². The third-order valence-electron chi connectivity index (χ3n) is 4.24. The Kier molecular flexibility index (Phi) is 11.3. The lowest BCUT2D eigenvalue weighted by Crippen LogP contribution is -2.06. The molecule has 130 valence electrons. The van der Waals surface area contributed by atoms with Gasteiger partial charge < -0.3 is 4.74 Å². The molecule has 0 unspecified atom stereocenters. The molecule has 2 heteroatoms. The minimum atomic E-state index is -0.184. The molecule has 1 aromatic carbocycles. The second-order valence-corrected chi connectivity index (χ2v) is 6.41. The van der Waals surface area contributed by atoms with Gasteiger partial charge in [-0.1, -0.05) is 77.3 Å². The lowest BCUT2D eigenvalue weighted by atomic mass is 10.0. The van der Waals surface area contributed by atoms with Crippen LogP contribution in [-0.2, 0) is 11.2 Å². The molecule has 0 saturated carbocycles. The molecule has 0 atom stereocenters. The Morgan fingerprint density at radius 2 is 1.35 bits per heavy atom. The van der Waals surface area contributed by atoms with E-state index in [-0.39, 0.29) is 5.97 Å². The Morgan fingerprint density at radius 1 is 0.783 bits per heavy atom. The summed E-state index contributed by atoms with van der Waals surface area (Å²) in [5.74, 6) is -0.184. The zero-order valence-electron chi connectivity index (χ0n) is 15.1. The Morgan fingerprint density at radius 3 is 2.00 bits per heavy atom. The highest BCUT2D eigenvalue weighted by Gasteiger charge is 2.06. The highest BCUT2D eigenvalue weighted by molar-refractivity contribution is 5.89. The lowest BCUT2D eigenvalue weighted by Gasteiger charge is -2.06. The number of hydrogen-bond donors (Lipinski definition) is 0. The number of hydrogen-bond acceptors (Lipinski definition) is 2. The zero-order chi connectivity index (χ0) is 16.8. The standard InChI is InChI=1S/C21H34O2/c1-3-5-7-9-10-12-18-23-21(22)20-16-14-19(15-17-20)13-11-8-6-4-2/h14-17H,3-13,18H2,1-2H3. The number of ether oxygens (including phenoxy) is 1. The molecule has 0 bridgehead atoms. The summed E-state index contributed by atoms with van der Waals surface area (Å²) in [5.41, 5.74) is 1.99. The van der Waals surface area contributed by atoms with Gasteiger partial charge in [-0.25, -0.2) is 4.79 Å². The van der Waals surface area contributed by atoms with Gasteiger partial charge in [-0.3, -0.25) is 0 Å². The van der Waals surface area contributed by atoms with Gasteiger partial charge in [-0.2, -0.15) is 0 Å². The Balaban J connectivity index is 2.18. The average molecular weight is 319 g/mol. The smallest absolute Gasteiger partial charge is 0.338 e. The number of aryl methyl sites for hydroxylation is 1. The van der Waals surface area contributed by atoms with Crippen molar-refractivity contribution in [1.82, 2.24) is 0 Å². The molecule has 0 aliphatic carbocycles. The second-order valence-electron chi connectivity index (χ2n) is 6.41. The van der Waals surface area contributed by atoms with E-state index in [0.29, 0.717) is 12.2 Å². The first-order valence-corrected chi connectivity index (χ1v) is 9.54. The Hall–Kier alpha value is -1.31. The van der Waals surface area contributed by atoms with Crippen molar-refractivity contribution in [2.24, 2.45) is 0 Å². The summed E-state index contributed by atoms with van der Waals surface area (Å²) >= 11 is 0. The molecule has 0 N–H and O–H groups in total. The minimum Gasteiger partial charge on any atom is -0.462 e. The molecule has 23 heavy (non-hydrogen) atoms. The van der Waals surface area contributed by atoms with E-state index in [1.54, 1.807) is 0 Å². The largest absolute Gasteiger partial charge is 0.462 e. The molecular formula is C21H34O2. The fourth-order valence-electron chi connectivity index (χ4n) is 2.69. The van der Waals surface area contributed by atoms with Crippen molar-refractivity contribution in [3.8, 4) is 0 Å². The summed E-state index contributed by atoms with van der Waals surface area (Å²) in [4.78, 5) is 12.0. The van der Waals surface area contributed by atoms with Gasteiger partial charge in [0.2, 0.25) is 0 Å². The fraction of sp³-hybridized carbons (Fsp3) is 0.667. The molecule has 0 aromatic heterocycles. The van der Waals surface area contributed by atoms with Gasteiger partial charge in [0.25, 0.3) is 0 Å². The van der Waals surface area contributed by atoms with Crippen LogP contribution in [-0.4, -0.2) is 12.6 Å². The van der Waals surface area contributed by atoms with Gasteiger partial charge in [0.1, 0.15) is 0 Å². The summed E-state index contributed by atoms with van der Waals surface area (Å²) in [6, 6.07) is 7.93. The molecule has 0 heterocycles. The fourth-order valence-corrected chi connectivity index (χ4v) is 2.69. The van der Waals surface area contributed by atoms with Crippen molar-refractivity contribution in [2.75, 3.05) is 6.61 Å². The maximum absolute atomic E-state index is 12.0. The maximum atomic E-state index is 12.0. The number of carbonyl (C=O) groups excluding carboxylic acids is 1. The highest BCUT2D eigenvalue weighted by atomic mass is 16.5. The van der Waals surface area contributed by atoms with Crippen LogP contribution in [0.2, 0.25) is 0 Å². The van der Waals surface area contributed by atoms with Crippen molar-refractivity contribution in [3.05, 3.63) is 35.4 Å². The third kappa shape index (κ3) is 9.43. The molecule has 0 radical (unpaired) electrons. The normalized spacial score (nSPS) is 10.7. The Labute approximate surface area is 142 Å². The molecular weight excluding hydrogens is 284 g/mol. The predicted molar refractivity (Wildman–Crippen MR) is 97.9 cm³/mol. The second kappa shape index (κ2) is 13.2. The van der Waals surface area contributed by atoms with E-state index < -0.39 is 0 Å². The third-order valence-corrected chi connectivity index (χ3v) is 4.24. The molecule has 1 aromatic rings. The molecule has 0 saturated heterocycles. The first-order valence-electron chi connectivity index (χ1n) is 9.54. The van der Waals surface area contributed by atoms with Crippen LogP contribution in [0.25, 0.3) is 0 Å². The molecule has 0 aliphatic rings. The van der Waals surface area contributed by atoms with Gasteiger partial charge in [0.15, 0.2) is 0 Å². The van der Waals surface area contributed by atoms with Crippen LogP contribution in [0.15, 0.2) is 24.3 Å². The molecule has 2 nitrogen and oxygen atoms in total. The summed E-state index contributed by atoms with van der Waals surface area (Å²) in [6.07, 6.45) is 13.5. The van der Waals surface area contributed by atoms with Crippen molar-refractivity contribution in [3.63, 3.8) is 0 Å². The molecule has 0 aliphatic heterocycles. The van der Waals surface area contributed by atoms with Crippen LogP contribution in [0.5, 0.6) is 0 Å². The van der Waals surface area contributed by atoms with Crippen LogP contribution < -0.4 is 0 Å². The average Bonchev–Trinajstić information content (AvgIpc) is 2.58. The topological polar surface area (TPSA) is 26.3 Å². The number of benzene rings is 1. The number of carbonyl (C=O) groups is 1. The van der Waals surface area contributed by atoms with Crippen LogP contribution in [0.4, 0.5) is 0 Å². The Bertz CT molecular complexity index is 408. The zero-order valence-corrected chi connectivity index (χ0v) is 15.1. The van der Waals surface area contributed by atoms with Crippen LogP contribution in [0, 0.1) is 0 Å². The molecule has 0 amide bonds. The van der Waals surface area contributed by atoms with Gasteiger partial charge in [0, 0.05) is 0 Å². The van der Waals surface area contributed by atoms with E-state index in [4.69, 9.17) is 4.74 Å². The van der Waals surface area contributed by atoms with E-state index in [1.807, 2.05) is 12.1 Å². The summed E-state index contributed by atoms with van der Waals surface area (Å²) in [5, 5.41) is 0.